The number of aryl methyl sites for hydroxylation is 1. The van der Waals surface area contributed by atoms with Crippen molar-refractivity contribution in [3.63, 3.8) is 0 Å². The molecule has 0 aliphatic carbocycles. The normalized spacial score (nSPS) is 10.2. The van der Waals surface area contributed by atoms with Crippen molar-refractivity contribution >= 4 is 61.8 Å². The molecule has 0 spiro atoms. The first-order valence-electron chi connectivity index (χ1n) is 9.00. The average molecular weight is 453 g/mol. The lowest BCUT2D eigenvalue weighted by Crippen LogP contribution is -2.16. The molecular formula is C22H20N4OS3. The van der Waals surface area contributed by atoms with Crippen LogP contribution in [0.25, 0.3) is 10.1 Å². The third-order valence-electron chi connectivity index (χ3n) is 4.36. The van der Waals surface area contributed by atoms with Crippen LogP contribution in [0.1, 0.15) is 16.0 Å². The zero-order valence-corrected chi connectivity index (χ0v) is 19.0. The number of amides is 1. The van der Waals surface area contributed by atoms with Crippen LogP contribution < -0.4 is 10.6 Å². The summed E-state index contributed by atoms with van der Waals surface area (Å²) in [6.07, 6.45) is 2.31. The Kier molecular flexibility index (Phi) is 7.46. The molecule has 0 aliphatic heterocycles. The van der Waals surface area contributed by atoms with Crippen LogP contribution >= 0.6 is 34.4 Å². The van der Waals surface area contributed by atoms with Crippen molar-refractivity contribution in [2.24, 2.45) is 5.73 Å². The van der Waals surface area contributed by atoms with Crippen molar-refractivity contribution < 1.29 is 4.79 Å². The van der Waals surface area contributed by atoms with Gasteiger partial charge in [0, 0.05) is 15.3 Å². The maximum absolute atomic E-state index is 9.11. The van der Waals surface area contributed by atoms with E-state index in [1.54, 1.807) is 34.4 Å². The molecule has 1 amide bonds. The SMILES string of the molecule is CSc1nc(N(Cc2cccc3ccsc23)c2ccc(C#N)cc2)sc1C.NC=O. The largest absolute Gasteiger partial charge is 0.372 e. The molecule has 0 unspecified atom stereocenters. The van der Waals surface area contributed by atoms with Crippen LogP contribution in [0.3, 0.4) is 0 Å². The number of hydrogen-bond donors (Lipinski definition) is 1. The Morgan fingerprint density at radius 3 is 2.60 bits per heavy atom. The number of carbonyl (C=O) groups is 1. The number of benzene rings is 2. The predicted octanol–water partition coefficient (Wildman–Crippen LogP) is 5.70. The Hall–Kier alpha value is -2.86. The minimum atomic E-state index is 0.250. The van der Waals surface area contributed by atoms with Crippen molar-refractivity contribution in [2.75, 3.05) is 11.2 Å². The summed E-state index contributed by atoms with van der Waals surface area (Å²) in [5, 5.41) is 14.6. The third kappa shape index (κ3) is 4.82. The van der Waals surface area contributed by atoms with Crippen LogP contribution in [0.4, 0.5) is 10.8 Å². The van der Waals surface area contributed by atoms with Crippen molar-refractivity contribution in [3.8, 4) is 6.07 Å². The molecule has 2 N–H and O–H groups in total. The number of rotatable bonds is 5. The second-order valence-electron chi connectivity index (χ2n) is 6.20. The number of thiophene rings is 1. The van der Waals surface area contributed by atoms with E-state index in [-0.39, 0.29) is 6.41 Å². The lowest BCUT2D eigenvalue weighted by molar-refractivity contribution is -0.106. The average Bonchev–Trinajstić information content (AvgIpc) is 3.39. The summed E-state index contributed by atoms with van der Waals surface area (Å²) in [7, 11) is 0. The molecule has 152 valence electrons. The molecule has 4 rings (SSSR count). The van der Waals surface area contributed by atoms with Gasteiger partial charge in [0.25, 0.3) is 0 Å². The second-order valence-corrected chi connectivity index (χ2v) is 9.09. The molecule has 30 heavy (non-hydrogen) atoms. The standard InChI is InChI=1S/C21H17N3S3.CH3NO/c1-14-20(25-2)23-21(27-14)24(18-8-6-15(12-22)7-9-18)13-17-5-3-4-16-10-11-26-19(16)17;2-1-3/h3-11H,13H2,1-2H3;1H,(H2,2,3). The molecule has 0 saturated carbocycles. The first-order chi connectivity index (χ1) is 14.6. The zero-order valence-electron chi connectivity index (χ0n) is 16.5. The third-order valence-corrected chi connectivity index (χ3v) is 7.28. The Morgan fingerprint density at radius 1 is 1.23 bits per heavy atom. The lowest BCUT2D eigenvalue weighted by atomic mass is 10.1. The lowest BCUT2D eigenvalue weighted by Gasteiger charge is -2.22. The molecule has 0 fully saturated rings. The summed E-state index contributed by atoms with van der Waals surface area (Å²) < 4.78 is 1.31. The highest BCUT2D eigenvalue weighted by Crippen LogP contribution is 2.37. The smallest absolute Gasteiger partial charge is 0.204 e. The number of anilines is 2. The van der Waals surface area contributed by atoms with Crippen LogP contribution in [0.15, 0.2) is 58.9 Å². The van der Waals surface area contributed by atoms with E-state index >= 15 is 0 Å². The molecule has 0 saturated heterocycles. The van der Waals surface area contributed by atoms with E-state index < -0.39 is 0 Å². The van der Waals surface area contributed by atoms with Gasteiger partial charge in [-0.05, 0) is 59.8 Å². The van der Waals surface area contributed by atoms with Crippen LogP contribution in [0.2, 0.25) is 0 Å². The van der Waals surface area contributed by atoms with E-state index in [9.17, 15) is 0 Å². The fourth-order valence-corrected chi connectivity index (χ4v) is 5.64. The van der Waals surface area contributed by atoms with Gasteiger partial charge in [-0.3, -0.25) is 4.79 Å². The topological polar surface area (TPSA) is 83.0 Å². The van der Waals surface area contributed by atoms with Gasteiger partial charge in [0.2, 0.25) is 6.41 Å². The quantitative estimate of drug-likeness (QED) is 0.310. The van der Waals surface area contributed by atoms with Crippen molar-refractivity contribution in [1.29, 1.82) is 5.26 Å². The monoisotopic (exact) mass is 452 g/mol. The minimum Gasteiger partial charge on any atom is -0.372 e. The Morgan fingerprint density at radius 2 is 1.97 bits per heavy atom. The highest BCUT2D eigenvalue weighted by Gasteiger charge is 2.18. The summed E-state index contributed by atoms with van der Waals surface area (Å²) in [6.45, 7) is 2.86. The highest BCUT2D eigenvalue weighted by atomic mass is 32.2. The molecule has 5 nitrogen and oxygen atoms in total. The molecular weight excluding hydrogens is 432 g/mol. The van der Waals surface area contributed by atoms with Crippen molar-refractivity contribution in [1.82, 2.24) is 4.98 Å². The Bertz CT molecular complexity index is 1180. The fraction of sp³-hybridized carbons (Fsp3) is 0.136. The van der Waals surface area contributed by atoms with Gasteiger partial charge in [0.1, 0.15) is 5.03 Å². The van der Waals surface area contributed by atoms with E-state index in [4.69, 9.17) is 15.0 Å². The molecule has 2 aromatic carbocycles. The first kappa shape index (κ1) is 21.8. The number of nitriles is 1. The van der Waals surface area contributed by atoms with Crippen LogP contribution in [0.5, 0.6) is 0 Å². The van der Waals surface area contributed by atoms with E-state index in [1.165, 1.54) is 20.5 Å². The number of thioether (sulfide) groups is 1. The molecule has 2 aromatic heterocycles. The maximum Gasteiger partial charge on any atom is 0.204 e. The van der Waals surface area contributed by atoms with Gasteiger partial charge in [0.05, 0.1) is 18.2 Å². The number of nitrogens with zero attached hydrogens (tertiary/aromatic N) is 3. The van der Waals surface area contributed by atoms with Gasteiger partial charge in [-0.15, -0.1) is 34.4 Å². The number of nitrogens with two attached hydrogens (primary N) is 1. The van der Waals surface area contributed by atoms with Crippen LogP contribution in [-0.2, 0) is 11.3 Å². The van der Waals surface area contributed by atoms with E-state index in [0.29, 0.717) is 5.56 Å². The summed E-state index contributed by atoms with van der Waals surface area (Å²) in [5.74, 6) is 0. The molecule has 0 atom stereocenters. The Labute approximate surface area is 187 Å². The van der Waals surface area contributed by atoms with Gasteiger partial charge in [-0.2, -0.15) is 5.26 Å². The van der Waals surface area contributed by atoms with Gasteiger partial charge in [-0.25, -0.2) is 4.98 Å². The molecule has 2 heterocycles. The molecule has 8 heteroatoms. The van der Waals surface area contributed by atoms with E-state index in [2.05, 4.69) is 59.5 Å². The number of fused-ring (bicyclic) bond motifs is 1. The summed E-state index contributed by atoms with van der Waals surface area (Å²) in [4.78, 5) is 16.9. The highest BCUT2D eigenvalue weighted by molar-refractivity contribution is 7.98. The van der Waals surface area contributed by atoms with Gasteiger partial charge < -0.3 is 10.6 Å². The van der Waals surface area contributed by atoms with Gasteiger partial charge in [0.15, 0.2) is 5.13 Å². The number of hydrogen-bond acceptors (Lipinski definition) is 7. The van der Waals surface area contributed by atoms with Crippen LogP contribution in [-0.4, -0.2) is 17.6 Å². The van der Waals surface area contributed by atoms with E-state index in [1.807, 2.05) is 24.3 Å². The summed E-state index contributed by atoms with van der Waals surface area (Å²) in [6, 6.07) is 18.5. The zero-order chi connectivity index (χ0) is 21.5. The number of aromatic nitrogens is 1. The first-order valence-corrected chi connectivity index (χ1v) is 11.9. The van der Waals surface area contributed by atoms with Crippen molar-refractivity contribution in [2.45, 2.75) is 18.5 Å². The van der Waals surface area contributed by atoms with Gasteiger partial charge in [-0.1, -0.05) is 18.2 Å². The fourth-order valence-electron chi connectivity index (χ4n) is 3.01. The minimum absolute atomic E-state index is 0.250. The molecule has 0 radical (unpaired) electrons. The Balaban J connectivity index is 0.000000806. The van der Waals surface area contributed by atoms with E-state index in [0.717, 1.165) is 22.4 Å². The maximum atomic E-state index is 9.11. The number of thiazole rings is 1. The number of primary amides is 1. The molecule has 0 bridgehead atoms. The summed E-state index contributed by atoms with van der Waals surface area (Å²) >= 11 is 5.16. The van der Waals surface area contributed by atoms with Crippen molar-refractivity contribution in [3.05, 3.63) is 69.9 Å². The predicted molar refractivity (Wildman–Crippen MR) is 128 cm³/mol. The molecule has 0 aliphatic rings. The van der Waals surface area contributed by atoms with Gasteiger partial charge >= 0.3 is 0 Å². The summed E-state index contributed by atoms with van der Waals surface area (Å²) in [5.41, 5.74) is 7.16. The second kappa shape index (κ2) is 10.3. The van der Waals surface area contributed by atoms with Crippen LogP contribution in [0, 0.1) is 18.3 Å². The molecule has 4 aromatic rings. The number of carbonyl (C=O) groups excluding carboxylic acids is 1.